The lowest BCUT2D eigenvalue weighted by molar-refractivity contribution is -0.120. The van der Waals surface area contributed by atoms with Gasteiger partial charge in [0.15, 0.2) is 11.6 Å². The summed E-state index contributed by atoms with van der Waals surface area (Å²) in [6.07, 6.45) is 0. The molecule has 0 bridgehead atoms. The molecule has 0 radical (unpaired) electrons. The van der Waals surface area contributed by atoms with Crippen molar-refractivity contribution in [2.45, 2.75) is 19.0 Å². The molecule has 2 rings (SSSR count). The van der Waals surface area contributed by atoms with Gasteiger partial charge in [0.25, 0.3) is 0 Å². The SMILES string of the molecule is C[C@H](N[C@@H](C(N)=O)c1ccccc1)c1ccc(F)c(F)c1. The van der Waals surface area contributed by atoms with E-state index in [2.05, 4.69) is 5.32 Å². The van der Waals surface area contributed by atoms with Crippen LogP contribution >= 0.6 is 0 Å². The van der Waals surface area contributed by atoms with Crippen molar-refractivity contribution in [3.05, 3.63) is 71.3 Å². The molecule has 0 aliphatic rings. The molecule has 3 N–H and O–H groups in total. The first-order valence-electron chi connectivity index (χ1n) is 6.54. The van der Waals surface area contributed by atoms with Crippen molar-refractivity contribution in [3.63, 3.8) is 0 Å². The summed E-state index contributed by atoms with van der Waals surface area (Å²) < 4.78 is 26.2. The first-order chi connectivity index (χ1) is 9.99. The van der Waals surface area contributed by atoms with Gasteiger partial charge < -0.3 is 5.73 Å². The van der Waals surface area contributed by atoms with Gasteiger partial charge in [-0.1, -0.05) is 36.4 Å². The van der Waals surface area contributed by atoms with Crippen LogP contribution in [0.5, 0.6) is 0 Å². The quantitative estimate of drug-likeness (QED) is 0.889. The van der Waals surface area contributed by atoms with E-state index in [1.165, 1.54) is 6.07 Å². The Labute approximate surface area is 121 Å². The number of nitrogens with one attached hydrogen (secondary N) is 1. The van der Waals surface area contributed by atoms with Crippen LogP contribution in [-0.2, 0) is 4.79 Å². The molecule has 0 aliphatic heterocycles. The summed E-state index contributed by atoms with van der Waals surface area (Å²) in [5, 5.41) is 3.03. The molecular formula is C16H16F2N2O. The second-order valence-electron chi connectivity index (χ2n) is 4.81. The van der Waals surface area contributed by atoms with Crippen molar-refractivity contribution in [3.8, 4) is 0 Å². The van der Waals surface area contributed by atoms with Crippen LogP contribution in [0.4, 0.5) is 8.78 Å². The van der Waals surface area contributed by atoms with Crippen molar-refractivity contribution in [2.75, 3.05) is 0 Å². The summed E-state index contributed by atoms with van der Waals surface area (Å²) in [5.41, 5.74) is 6.67. The zero-order chi connectivity index (χ0) is 15.4. The number of halogens is 2. The molecule has 2 atom stereocenters. The Balaban J connectivity index is 2.20. The van der Waals surface area contributed by atoms with E-state index in [9.17, 15) is 13.6 Å². The Morgan fingerprint density at radius 1 is 1.05 bits per heavy atom. The normalized spacial score (nSPS) is 13.7. The summed E-state index contributed by atoms with van der Waals surface area (Å²) in [7, 11) is 0. The van der Waals surface area contributed by atoms with Gasteiger partial charge in [0, 0.05) is 6.04 Å². The molecule has 0 spiro atoms. The topological polar surface area (TPSA) is 55.1 Å². The maximum Gasteiger partial charge on any atom is 0.239 e. The van der Waals surface area contributed by atoms with Gasteiger partial charge in [0.05, 0.1) is 0 Å². The van der Waals surface area contributed by atoms with E-state index in [0.717, 1.165) is 17.7 Å². The lowest BCUT2D eigenvalue weighted by Gasteiger charge is -2.21. The minimum Gasteiger partial charge on any atom is -0.368 e. The van der Waals surface area contributed by atoms with Gasteiger partial charge in [-0.25, -0.2) is 8.78 Å². The van der Waals surface area contributed by atoms with Gasteiger partial charge in [-0.2, -0.15) is 0 Å². The van der Waals surface area contributed by atoms with Gasteiger partial charge >= 0.3 is 0 Å². The molecule has 0 heterocycles. The predicted octanol–water partition coefficient (Wildman–Crippen LogP) is 2.84. The largest absolute Gasteiger partial charge is 0.368 e. The molecule has 1 amide bonds. The highest BCUT2D eigenvalue weighted by atomic mass is 19.2. The van der Waals surface area contributed by atoms with Crippen molar-refractivity contribution >= 4 is 5.91 Å². The van der Waals surface area contributed by atoms with E-state index >= 15 is 0 Å². The van der Waals surface area contributed by atoms with Crippen LogP contribution in [0.1, 0.15) is 30.1 Å². The number of primary amides is 1. The average molecular weight is 290 g/mol. The molecular weight excluding hydrogens is 274 g/mol. The van der Waals surface area contributed by atoms with Crippen LogP contribution in [-0.4, -0.2) is 5.91 Å². The molecule has 21 heavy (non-hydrogen) atoms. The Hall–Kier alpha value is -2.27. The molecule has 0 aliphatic carbocycles. The number of benzene rings is 2. The van der Waals surface area contributed by atoms with Gasteiger partial charge in [-0.05, 0) is 30.2 Å². The third kappa shape index (κ3) is 3.64. The van der Waals surface area contributed by atoms with Crippen molar-refractivity contribution in [1.29, 1.82) is 0 Å². The summed E-state index contributed by atoms with van der Waals surface area (Å²) in [6.45, 7) is 1.76. The Morgan fingerprint density at radius 3 is 2.29 bits per heavy atom. The third-order valence-corrected chi connectivity index (χ3v) is 3.28. The number of carbonyl (C=O) groups is 1. The zero-order valence-corrected chi connectivity index (χ0v) is 11.5. The molecule has 0 aromatic heterocycles. The minimum absolute atomic E-state index is 0.363. The Kier molecular flexibility index (Phi) is 4.65. The summed E-state index contributed by atoms with van der Waals surface area (Å²) >= 11 is 0. The maximum absolute atomic E-state index is 13.3. The Morgan fingerprint density at radius 2 is 1.71 bits per heavy atom. The Bertz CT molecular complexity index is 631. The molecule has 0 saturated heterocycles. The first kappa shape index (κ1) is 15.1. The van der Waals surface area contributed by atoms with Crippen LogP contribution in [0.3, 0.4) is 0 Å². The second kappa shape index (κ2) is 6.45. The van der Waals surface area contributed by atoms with E-state index in [1.807, 2.05) is 6.07 Å². The fourth-order valence-corrected chi connectivity index (χ4v) is 2.12. The van der Waals surface area contributed by atoms with E-state index < -0.39 is 23.6 Å². The highest BCUT2D eigenvalue weighted by molar-refractivity contribution is 5.81. The fourth-order valence-electron chi connectivity index (χ4n) is 2.12. The van der Waals surface area contributed by atoms with Crippen molar-refractivity contribution in [2.24, 2.45) is 5.73 Å². The van der Waals surface area contributed by atoms with E-state index in [0.29, 0.717) is 5.56 Å². The van der Waals surface area contributed by atoms with E-state index in [4.69, 9.17) is 5.73 Å². The third-order valence-electron chi connectivity index (χ3n) is 3.28. The fraction of sp³-hybridized carbons (Fsp3) is 0.188. The number of carbonyl (C=O) groups excluding carboxylic acids is 1. The van der Waals surface area contributed by atoms with Gasteiger partial charge in [0.1, 0.15) is 6.04 Å². The van der Waals surface area contributed by atoms with Crippen LogP contribution < -0.4 is 11.1 Å². The number of hydrogen-bond acceptors (Lipinski definition) is 2. The number of rotatable bonds is 5. The van der Waals surface area contributed by atoms with E-state index in [1.54, 1.807) is 31.2 Å². The molecule has 0 fully saturated rings. The van der Waals surface area contributed by atoms with Crippen molar-refractivity contribution in [1.82, 2.24) is 5.32 Å². The molecule has 0 saturated carbocycles. The van der Waals surface area contributed by atoms with Gasteiger partial charge in [-0.15, -0.1) is 0 Å². The van der Waals surface area contributed by atoms with Crippen LogP contribution in [0.15, 0.2) is 48.5 Å². The number of hydrogen-bond donors (Lipinski definition) is 2. The second-order valence-corrected chi connectivity index (χ2v) is 4.81. The minimum atomic E-state index is -0.920. The first-order valence-corrected chi connectivity index (χ1v) is 6.54. The smallest absolute Gasteiger partial charge is 0.239 e. The molecule has 0 unspecified atom stereocenters. The van der Waals surface area contributed by atoms with Crippen LogP contribution in [0, 0.1) is 11.6 Å². The molecule has 110 valence electrons. The van der Waals surface area contributed by atoms with Gasteiger partial charge in [0.2, 0.25) is 5.91 Å². The van der Waals surface area contributed by atoms with Crippen LogP contribution in [0.2, 0.25) is 0 Å². The maximum atomic E-state index is 13.3. The van der Waals surface area contributed by atoms with E-state index in [-0.39, 0.29) is 6.04 Å². The van der Waals surface area contributed by atoms with Crippen molar-refractivity contribution < 1.29 is 13.6 Å². The lowest BCUT2D eigenvalue weighted by atomic mass is 10.0. The standard InChI is InChI=1S/C16H16F2N2O/c1-10(12-7-8-13(17)14(18)9-12)20-15(16(19)21)11-5-3-2-4-6-11/h2-10,15,20H,1H3,(H2,19,21)/t10-,15+/m0/s1. The highest BCUT2D eigenvalue weighted by Crippen LogP contribution is 2.21. The highest BCUT2D eigenvalue weighted by Gasteiger charge is 2.20. The number of amides is 1. The lowest BCUT2D eigenvalue weighted by Crippen LogP contribution is -2.35. The van der Waals surface area contributed by atoms with Gasteiger partial charge in [-0.3, -0.25) is 10.1 Å². The van der Waals surface area contributed by atoms with Crippen LogP contribution in [0.25, 0.3) is 0 Å². The summed E-state index contributed by atoms with van der Waals surface area (Å²) in [6, 6.07) is 11.6. The number of nitrogens with two attached hydrogens (primary N) is 1. The zero-order valence-electron chi connectivity index (χ0n) is 11.5. The molecule has 5 heteroatoms. The molecule has 2 aromatic rings. The molecule has 3 nitrogen and oxygen atoms in total. The summed E-state index contributed by atoms with van der Waals surface area (Å²) in [5.74, 6) is -2.35. The average Bonchev–Trinajstić information content (AvgIpc) is 2.48. The predicted molar refractivity (Wildman–Crippen MR) is 76.3 cm³/mol. The summed E-state index contributed by atoms with van der Waals surface area (Å²) in [4.78, 5) is 11.6. The molecule has 2 aromatic carbocycles. The monoisotopic (exact) mass is 290 g/mol.